The maximum atomic E-state index is 14.3. The third-order valence-corrected chi connectivity index (χ3v) is 42.0. The fraction of sp³-hybridized carbons (Fsp3) is 0.725. The van der Waals surface area contributed by atoms with Crippen LogP contribution in [-0.2, 0) is 34.0 Å². The molecule has 146 heavy (non-hydrogen) atoms. The zero-order valence-electron chi connectivity index (χ0n) is 88.1. The number of sulfonamides is 1. The van der Waals surface area contributed by atoms with E-state index in [4.69, 9.17) is 19.7 Å². The van der Waals surface area contributed by atoms with Crippen LogP contribution in [0.5, 0.6) is 11.5 Å². The molecule has 0 aromatic heterocycles. The Balaban J connectivity index is 0.000000119. The molecule has 9 saturated carbocycles. The van der Waals surface area contributed by atoms with Crippen molar-refractivity contribution in [1.29, 1.82) is 0 Å². The lowest BCUT2D eigenvalue weighted by molar-refractivity contribution is -0.140. The molecule has 19 fully saturated rings. The molecule has 10 saturated heterocycles. The second-order valence-corrected chi connectivity index (χ2v) is 51.2. The van der Waals surface area contributed by atoms with Crippen molar-refractivity contribution in [2.75, 3.05) is 52.9 Å². The average molecular weight is 2030 g/mol. The monoisotopic (exact) mass is 2020 g/mol. The number of benzene rings is 4. The van der Waals surface area contributed by atoms with E-state index >= 15 is 0 Å². The third-order valence-electron chi connectivity index (χ3n) is 40.1. The summed E-state index contributed by atoms with van der Waals surface area (Å²) < 4.78 is 39.1. The van der Waals surface area contributed by atoms with Gasteiger partial charge in [0.15, 0.2) is 19.0 Å². The molecule has 10 heterocycles. The first-order valence-electron chi connectivity index (χ1n) is 58.6. The summed E-state index contributed by atoms with van der Waals surface area (Å²) in [5.74, 6) is 7.56. The quantitative estimate of drug-likeness (QED) is 0.0480. The summed E-state index contributed by atoms with van der Waals surface area (Å²) in [5, 5.41) is 30.5. The largest absolute Gasteiger partial charge is 0.482 e. The number of hydrogen-bond acceptors (Lipinski definition) is 18. The summed E-state index contributed by atoms with van der Waals surface area (Å²) in [6.45, 7) is 11.4. The van der Waals surface area contributed by atoms with Gasteiger partial charge in [-0.15, -0.1) is 0 Å². The summed E-state index contributed by atoms with van der Waals surface area (Å²) in [7, 11) is -3.82. The molecule has 4 aromatic carbocycles. The molecule has 798 valence electrons. The number of nitrogens with zero attached hydrogens (tertiary/aromatic N) is 10. The lowest BCUT2D eigenvalue weighted by atomic mass is 9.68. The number of hydrogen-bond donors (Lipinski definition) is 4. The molecule has 9 unspecified atom stereocenters. The maximum Gasteiger partial charge on any atom is 0.409 e. The number of fused-ring (bicyclic) bond motifs is 16. The highest BCUT2D eigenvalue weighted by molar-refractivity contribution is 7.89. The van der Waals surface area contributed by atoms with E-state index in [9.17, 15) is 47.1 Å². The molecule has 25 nitrogen and oxygen atoms in total. The Labute approximate surface area is 871 Å². The van der Waals surface area contributed by atoms with Crippen LogP contribution in [0, 0.1) is 53.3 Å². The van der Waals surface area contributed by atoms with E-state index in [0.29, 0.717) is 103 Å². The van der Waals surface area contributed by atoms with E-state index in [2.05, 4.69) is 58.3 Å². The number of amides is 4. The van der Waals surface area contributed by atoms with Gasteiger partial charge >= 0.3 is 24.1 Å². The van der Waals surface area contributed by atoms with Gasteiger partial charge in [0.1, 0.15) is 23.1 Å². The Kier molecular flexibility index (Phi) is 33.9. The number of likely N-dealkylation sites (tertiary alicyclic amines) is 2. The summed E-state index contributed by atoms with van der Waals surface area (Å²) in [4.78, 5) is 109. The minimum Gasteiger partial charge on any atom is -0.482 e. The molecule has 4 amide bonds. The Bertz CT molecular complexity index is 5170. The highest BCUT2D eigenvalue weighted by Crippen LogP contribution is 2.55. The first-order valence-corrected chi connectivity index (χ1v) is 60.1. The van der Waals surface area contributed by atoms with Crippen molar-refractivity contribution in [3.63, 3.8) is 0 Å². The molecule has 4 aromatic rings. The predicted octanol–water partition coefficient (Wildman–Crippen LogP) is 23.0. The number of ether oxygens (including phenoxy) is 2. The third kappa shape index (κ3) is 23.9. The number of Topliss-reactive ketones (excluding diaryl/α,β-unsaturated/α-hetero) is 2. The summed E-state index contributed by atoms with van der Waals surface area (Å²) in [6.07, 6.45) is 64.2. The number of carboxylic acid groups (broad SMARTS) is 3. The van der Waals surface area contributed by atoms with Crippen LogP contribution >= 0.6 is 0 Å². The number of urea groups is 1. The van der Waals surface area contributed by atoms with Crippen LogP contribution < -0.4 is 29.5 Å². The van der Waals surface area contributed by atoms with Gasteiger partial charge in [0.25, 0.3) is 10.0 Å². The van der Waals surface area contributed by atoms with Crippen molar-refractivity contribution in [2.24, 2.45) is 53.3 Å². The van der Waals surface area contributed by atoms with Gasteiger partial charge in [-0.05, 0) is 328 Å². The van der Waals surface area contributed by atoms with Crippen molar-refractivity contribution in [3.05, 3.63) is 116 Å². The van der Waals surface area contributed by atoms with Crippen molar-refractivity contribution < 1.29 is 66.8 Å². The number of nitrogens with one attached hydrogen (secondary N) is 1. The van der Waals surface area contributed by atoms with Crippen LogP contribution in [0.25, 0.3) is 0 Å². The standard InChI is InChI=1S/C32H45N3O5.C32H47N3O3.C31H45N3O3.C25H36N2O3S/c1-21(36)30-12-5-13-33(30)32(39)35(26-10-4-11-29(19-26)40-20-31(37)38)28-17-24-8-3-9-25(18-28)34(24)27-15-22-6-2-7-23(14-22)16-27;1-21(36)28-12-2-4-14-30(28)35(31-15-5-3-13-29(31)33-32(37)38)27-19-24-10-7-11-25(20-27)34(24)26-17-22-8-6-9-23(16-22)18-26;1-22(32-13-2-3-14-32)33(27-11-6-12-30(20-27)37-21-31(35)36)29-18-25-9-5-10-26(19-29)34(25)28-16-23-7-4-8-24(15-23)17-28;1-18(28)27(31(29,30)25-11-3-2-4-12-25)24-16-21-9-6-10-22(17-24)26(21)23-14-19-7-5-8-20(13-19)15-23/h4,10-11,19,22-25,27-28,30H,2-3,5-9,12-18,20H2,1H3,(H,37,38);3,5,13,15,22-28,30,33H,2,4,6-12,14,16-20H2,1H3,(H,37,38);6,11-12,20,23-26,28-29H,1-5,7-10,13-19,21H2,(H,35,36);2-4,11-12,19-24H,5-10,13-17H2,1H3/t22-,23+,24-,25+,27?,28?,30-;22-,23+,24-,25+,26?,27?,28-,30?;23-,24+,25-,26+,28?,29?;19-,20+,21-,22+,23?,24?/m10../s1. The average Bonchev–Trinajstić information content (AvgIpc) is 0.806. The number of rotatable bonds is 25. The van der Waals surface area contributed by atoms with E-state index in [1.807, 2.05) is 53.4 Å². The number of piperidine rings is 8. The number of ketones is 2. The molecule has 0 radical (unpaired) electrons. The van der Waals surface area contributed by atoms with Crippen LogP contribution in [-0.4, -0.2) is 241 Å². The molecular weight excluding hydrogens is 1850 g/mol. The highest BCUT2D eigenvalue weighted by Gasteiger charge is 2.55. The zero-order valence-corrected chi connectivity index (χ0v) is 88.9. The van der Waals surface area contributed by atoms with Gasteiger partial charge in [0.05, 0.1) is 28.4 Å². The second-order valence-electron chi connectivity index (χ2n) is 49.4. The van der Waals surface area contributed by atoms with E-state index in [0.717, 1.165) is 179 Å². The SMILES string of the molecule is C=C(N1CCCC1)N(c1cccc(OCC(=O)O)c1)C1C[C@H]2CCC[C@@H](C1)N2C1C[C@H]2CCC[C@@H](C1)C2.CC(=O)N(C1C[C@H]2CCC[C@@H](C1)N2C1C[C@H]2CCC[C@@H](C1)C2)S(=O)(=O)c1ccccc1.CC(=O)[C@@H]1CCCCC1N(c1ccccc1NC(=O)O)C1C[C@H]2CCC[C@@H](C1)N2C1C[C@H]2CCC[C@@H](C1)C2.CC(=O)[C@H]1CCCN1C(=O)N(c1cccc(OCC(=O)O)c1)C1C[C@H]2CCC[C@@H](C1)N2C1C[C@H]2CCC[C@@H](C1)C2. The van der Waals surface area contributed by atoms with Crippen LogP contribution in [0.3, 0.4) is 0 Å². The molecule has 0 spiro atoms. The Hall–Kier alpha value is -8.30. The van der Waals surface area contributed by atoms with Crippen molar-refractivity contribution >= 4 is 74.3 Å². The lowest BCUT2D eigenvalue weighted by Crippen LogP contribution is -2.63. The fourth-order valence-electron chi connectivity index (χ4n) is 34.8. The molecule has 10 aliphatic heterocycles. The first-order chi connectivity index (χ1) is 70.8. The Morgan fingerprint density at radius 2 is 0.747 bits per heavy atom. The molecule has 27 atom stereocenters. The van der Waals surface area contributed by atoms with Crippen molar-refractivity contribution in [1.82, 2.24) is 33.7 Å². The predicted molar refractivity (Wildman–Crippen MR) is 572 cm³/mol. The van der Waals surface area contributed by atoms with Gasteiger partial charge in [0.2, 0.25) is 5.91 Å². The lowest BCUT2D eigenvalue weighted by Gasteiger charge is -2.58. The number of para-hydroxylation sites is 2. The van der Waals surface area contributed by atoms with Crippen LogP contribution in [0.2, 0.25) is 0 Å². The molecular formula is C120H173N11O14S. The number of carboxylic acids is 2. The maximum absolute atomic E-state index is 14.3. The number of carbonyl (C=O) groups is 7. The van der Waals surface area contributed by atoms with Gasteiger partial charge < -0.3 is 44.4 Å². The van der Waals surface area contributed by atoms with Gasteiger partial charge in [-0.2, -0.15) is 0 Å². The summed E-state index contributed by atoms with van der Waals surface area (Å²) in [5.41, 5.74) is 3.44. The molecule has 16 bridgehead atoms. The van der Waals surface area contributed by atoms with Gasteiger partial charge in [-0.3, -0.25) is 44.2 Å². The molecule has 9 aliphatic carbocycles. The van der Waals surface area contributed by atoms with Gasteiger partial charge in [-0.1, -0.05) is 165 Å². The summed E-state index contributed by atoms with van der Waals surface area (Å²) in [6, 6.07) is 39.1. The van der Waals surface area contributed by atoms with E-state index in [1.165, 1.54) is 255 Å². The second kappa shape index (κ2) is 47.3. The minimum absolute atomic E-state index is 0.0252. The molecule has 23 rings (SSSR count). The summed E-state index contributed by atoms with van der Waals surface area (Å²) >= 11 is 0. The van der Waals surface area contributed by atoms with E-state index < -0.39 is 34.7 Å². The van der Waals surface area contributed by atoms with Crippen molar-refractivity contribution in [2.45, 2.75) is 468 Å². The van der Waals surface area contributed by atoms with Gasteiger partial charge in [0, 0.05) is 153 Å². The number of aliphatic carboxylic acids is 2. The van der Waals surface area contributed by atoms with Crippen molar-refractivity contribution in [3.8, 4) is 11.5 Å². The molecule has 19 aliphatic rings. The smallest absolute Gasteiger partial charge is 0.409 e. The number of anilines is 4. The van der Waals surface area contributed by atoms with E-state index in [1.54, 1.807) is 61.2 Å². The molecule has 26 heteroatoms. The minimum atomic E-state index is -3.82. The van der Waals surface area contributed by atoms with Gasteiger partial charge in [-0.25, -0.2) is 31.9 Å². The molecule has 4 N–H and O–H groups in total. The van der Waals surface area contributed by atoms with Crippen LogP contribution in [0.1, 0.15) is 355 Å². The number of carbonyl (C=O) groups excluding carboxylic acids is 4. The topological polar surface area (TPSA) is 277 Å². The Morgan fingerprint density at radius 1 is 0.370 bits per heavy atom. The first kappa shape index (κ1) is 105. The van der Waals surface area contributed by atoms with E-state index in [-0.39, 0.29) is 65.1 Å². The fourth-order valence-corrected chi connectivity index (χ4v) is 36.5. The zero-order chi connectivity index (χ0) is 101. The van der Waals surface area contributed by atoms with Crippen LogP contribution in [0.15, 0.2) is 120 Å². The Morgan fingerprint density at radius 3 is 1.14 bits per heavy atom. The highest BCUT2D eigenvalue weighted by atomic mass is 32.2. The van der Waals surface area contributed by atoms with Crippen LogP contribution in [0.4, 0.5) is 32.3 Å². The normalized spacial score (nSPS) is 35.2.